The molecule has 0 saturated carbocycles. The van der Waals surface area contributed by atoms with E-state index in [1.54, 1.807) is 0 Å². The van der Waals surface area contributed by atoms with Crippen LogP contribution in [-0.4, -0.2) is 37.6 Å². The largest absolute Gasteiger partial charge is 0.317 e. The van der Waals surface area contributed by atoms with Gasteiger partial charge in [0.2, 0.25) is 0 Å². The molecule has 1 heterocycles. The number of nitrogens with zero attached hydrogens (tertiary/aromatic N) is 1. The first-order chi connectivity index (χ1) is 8.74. The Kier molecular flexibility index (Phi) is 8.31. The highest BCUT2D eigenvalue weighted by molar-refractivity contribution is 7.09. The van der Waals surface area contributed by atoms with Crippen LogP contribution in [0.1, 0.15) is 38.0 Å². The normalized spacial score (nSPS) is 13.1. The SMILES string of the molecule is CCCNCCCCN(C)C(C)Cc1cccs1. The molecule has 1 N–H and O–H groups in total. The van der Waals surface area contributed by atoms with Crippen molar-refractivity contribution >= 4 is 11.3 Å². The standard InChI is InChI=1S/C15H28N2S/c1-4-9-16-10-5-6-11-17(3)14(2)13-15-8-7-12-18-15/h7-8,12,14,16H,4-6,9-11,13H2,1-3H3. The number of likely N-dealkylation sites (N-methyl/N-ethyl adjacent to an activating group) is 1. The predicted octanol–water partition coefficient (Wildman–Crippen LogP) is 3.39. The molecule has 1 rings (SSSR count). The fourth-order valence-corrected chi connectivity index (χ4v) is 2.84. The van der Waals surface area contributed by atoms with Gasteiger partial charge in [0.25, 0.3) is 0 Å². The van der Waals surface area contributed by atoms with Gasteiger partial charge in [-0.3, -0.25) is 0 Å². The van der Waals surface area contributed by atoms with Crippen molar-refractivity contribution in [2.45, 2.75) is 45.6 Å². The van der Waals surface area contributed by atoms with Gasteiger partial charge in [0, 0.05) is 10.9 Å². The molecule has 0 radical (unpaired) electrons. The highest BCUT2D eigenvalue weighted by Gasteiger charge is 2.09. The topological polar surface area (TPSA) is 15.3 Å². The van der Waals surface area contributed by atoms with Crippen LogP contribution in [0.3, 0.4) is 0 Å². The first kappa shape index (κ1) is 15.7. The second-order valence-corrected chi connectivity index (χ2v) is 6.10. The van der Waals surface area contributed by atoms with Gasteiger partial charge in [-0.25, -0.2) is 0 Å². The molecule has 104 valence electrons. The smallest absolute Gasteiger partial charge is 0.0112 e. The number of hydrogen-bond acceptors (Lipinski definition) is 3. The molecule has 2 nitrogen and oxygen atoms in total. The fraction of sp³-hybridized carbons (Fsp3) is 0.733. The van der Waals surface area contributed by atoms with Crippen LogP contribution >= 0.6 is 11.3 Å². The van der Waals surface area contributed by atoms with Crippen LogP contribution in [0.25, 0.3) is 0 Å². The minimum Gasteiger partial charge on any atom is -0.317 e. The molecule has 3 heteroatoms. The highest BCUT2D eigenvalue weighted by Crippen LogP contribution is 2.13. The summed E-state index contributed by atoms with van der Waals surface area (Å²) in [4.78, 5) is 3.98. The molecule has 1 aromatic heterocycles. The zero-order chi connectivity index (χ0) is 13.2. The van der Waals surface area contributed by atoms with E-state index >= 15 is 0 Å². The van der Waals surface area contributed by atoms with Crippen LogP contribution in [0.15, 0.2) is 17.5 Å². The molecule has 0 aliphatic rings. The Labute approximate surface area is 116 Å². The number of unbranched alkanes of at least 4 members (excludes halogenated alkanes) is 1. The summed E-state index contributed by atoms with van der Waals surface area (Å²) >= 11 is 1.87. The Morgan fingerprint density at radius 3 is 2.83 bits per heavy atom. The van der Waals surface area contributed by atoms with Crippen molar-refractivity contribution in [1.82, 2.24) is 10.2 Å². The van der Waals surface area contributed by atoms with Gasteiger partial charge in [0.1, 0.15) is 0 Å². The monoisotopic (exact) mass is 268 g/mol. The van der Waals surface area contributed by atoms with E-state index in [2.05, 4.69) is 48.6 Å². The van der Waals surface area contributed by atoms with E-state index in [-0.39, 0.29) is 0 Å². The van der Waals surface area contributed by atoms with Gasteiger partial charge in [0.05, 0.1) is 0 Å². The zero-order valence-corrected chi connectivity index (χ0v) is 12.9. The molecule has 0 spiro atoms. The van der Waals surface area contributed by atoms with Crippen LogP contribution in [0, 0.1) is 0 Å². The highest BCUT2D eigenvalue weighted by atomic mass is 32.1. The molecule has 0 fully saturated rings. The van der Waals surface area contributed by atoms with E-state index in [9.17, 15) is 0 Å². The van der Waals surface area contributed by atoms with Crippen LogP contribution in [0.4, 0.5) is 0 Å². The lowest BCUT2D eigenvalue weighted by Crippen LogP contribution is -2.32. The molecular formula is C15H28N2S. The molecule has 0 aliphatic heterocycles. The lowest BCUT2D eigenvalue weighted by Gasteiger charge is -2.24. The lowest BCUT2D eigenvalue weighted by atomic mass is 10.1. The maximum absolute atomic E-state index is 3.46. The maximum Gasteiger partial charge on any atom is 0.0112 e. The van der Waals surface area contributed by atoms with Gasteiger partial charge < -0.3 is 10.2 Å². The third-order valence-electron chi connectivity index (χ3n) is 3.37. The molecule has 0 aliphatic carbocycles. The van der Waals surface area contributed by atoms with Crippen molar-refractivity contribution in [3.05, 3.63) is 22.4 Å². The average Bonchev–Trinajstić information content (AvgIpc) is 2.86. The minimum atomic E-state index is 0.646. The first-order valence-corrected chi connectivity index (χ1v) is 8.05. The quantitative estimate of drug-likeness (QED) is 0.654. The Bertz CT molecular complexity index is 285. The van der Waals surface area contributed by atoms with Gasteiger partial charge >= 0.3 is 0 Å². The zero-order valence-electron chi connectivity index (χ0n) is 12.1. The van der Waals surface area contributed by atoms with Crippen molar-refractivity contribution in [2.24, 2.45) is 0 Å². The van der Waals surface area contributed by atoms with Crippen molar-refractivity contribution in [1.29, 1.82) is 0 Å². The second-order valence-electron chi connectivity index (χ2n) is 5.07. The van der Waals surface area contributed by atoms with E-state index in [0.717, 1.165) is 6.54 Å². The Hall–Kier alpha value is -0.380. The van der Waals surface area contributed by atoms with E-state index in [1.165, 1.54) is 43.6 Å². The van der Waals surface area contributed by atoms with Crippen molar-refractivity contribution < 1.29 is 0 Å². The summed E-state index contributed by atoms with van der Waals surface area (Å²) in [5.74, 6) is 0. The second kappa shape index (κ2) is 9.54. The maximum atomic E-state index is 3.46. The summed E-state index contributed by atoms with van der Waals surface area (Å²) in [6.07, 6.45) is 5.00. The summed E-state index contributed by atoms with van der Waals surface area (Å²) in [6.45, 7) is 8.08. The van der Waals surface area contributed by atoms with Crippen LogP contribution < -0.4 is 5.32 Å². The summed E-state index contributed by atoms with van der Waals surface area (Å²) < 4.78 is 0. The summed E-state index contributed by atoms with van der Waals surface area (Å²) in [7, 11) is 2.25. The van der Waals surface area contributed by atoms with Crippen molar-refractivity contribution in [3.63, 3.8) is 0 Å². The van der Waals surface area contributed by atoms with E-state index in [1.807, 2.05) is 11.3 Å². The summed E-state index contributed by atoms with van der Waals surface area (Å²) in [5, 5.41) is 5.63. The van der Waals surface area contributed by atoms with Crippen LogP contribution in [-0.2, 0) is 6.42 Å². The van der Waals surface area contributed by atoms with Gasteiger partial charge in [-0.1, -0.05) is 13.0 Å². The molecule has 0 bridgehead atoms. The predicted molar refractivity (Wildman–Crippen MR) is 82.5 cm³/mol. The third kappa shape index (κ3) is 6.53. The van der Waals surface area contributed by atoms with Crippen molar-refractivity contribution in [2.75, 3.05) is 26.7 Å². The molecule has 18 heavy (non-hydrogen) atoms. The van der Waals surface area contributed by atoms with Crippen LogP contribution in [0.5, 0.6) is 0 Å². The van der Waals surface area contributed by atoms with Gasteiger partial charge in [0.15, 0.2) is 0 Å². The van der Waals surface area contributed by atoms with Gasteiger partial charge in [-0.05, 0) is 70.7 Å². The number of nitrogens with one attached hydrogen (secondary N) is 1. The van der Waals surface area contributed by atoms with Gasteiger partial charge in [-0.2, -0.15) is 0 Å². The number of thiophene rings is 1. The molecule has 0 amide bonds. The van der Waals surface area contributed by atoms with E-state index < -0.39 is 0 Å². The molecular weight excluding hydrogens is 240 g/mol. The molecule has 1 unspecified atom stereocenters. The summed E-state index contributed by atoms with van der Waals surface area (Å²) in [5.41, 5.74) is 0. The average molecular weight is 268 g/mol. The molecule has 0 aromatic carbocycles. The molecule has 1 aromatic rings. The first-order valence-electron chi connectivity index (χ1n) is 7.17. The Balaban J connectivity index is 2.06. The molecule has 1 atom stereocenters. The Morgan fingerprint density at radius 2 is 2.17 bits per heavy atom. The minimum absolute atomic E-state index is 0.646. The lowest BCUT2D eigenvalue weighted by molar-refractivity contribution is 0.252. The fourth-order valence-electron chi connectivity index (χ4n) is 2.01. The summed E-state index contributed by atoms with van der Waals surface area (Å²) in [6, 6.07) is 5.03. The third-order valence-corrected chi connectivity index (χ3v) is 4.27. The van der Waals surface area contributed by atoms with Gasteiger partial charge in [-0.15, -0.1) is 11.3 Å². The number of rotatable bonds is 10. The molecule has 0 saturated heterocycles. The van der Waals surface area contributed by atoms with Crippen LogP contribution in [0.2, 0.25) is 0 Å². The van der Waals surface area contributed by atoms with Crippen molar-refractivity contribution in [3.8, 4) is 0 Å². The van der Waals surface area contributed by atoms with E-state index in [0.29, 0.717) is 6.04 Å². The Morgan fingerprint density at radius 1 is 1.33 bits per heavy atom. The number of hydrogen-bond donors (Lipinski definition) is 1. The van der Waals surface area contributed by atoms with E-state index in [4.69, 9.17) is 0 Å².